The molecule has 3 nitrogen and oxygen atoms in total. The minimum atomic E-state index is -0.907. The number of hydrogen-bond acceptors (Lipinski definition) is 2. The Morgan fingerprint density at radius 1 is 1.26 bits per heavy atom. The summed E-state index contributed by atoms with van der Waals surface area (Å²) in [5.74, 6) is -1.86. The smallest absolute Gasteiger partial charge is 0.307 e. The first-order valence-electron chi connectivity index (χ1n) is 6.01. The van der Waals surface area contributed by atoms with E-state index in [0.717, 1.165) is 0 Å². The molecule has 0 saturated carbocycles. The molecule has 0 heterocycles. The first-order valence-corrected chi connectivity index (χ1v) is 6.77. The van der Waals surface area contributed by atoms with Gasteiger partial charge in [0.25, 0.3) is 0 Å². The molecule has 0 fully saturated rings. The van der Waals surface area contributed by atoms with Gasteiger partial charge in [-0.15, -0.1) is 0 Å². The lowest BCUT2D eigenvalue weighted by atomic mass is 9.77. The molecule has 102 valence electrons. The molecule has 0 aromatic heterocycles. The summed E-state index contributed by atoms with van der Waals surface area (Å²) < 4.78 is 0. The van der Waals surface area contributed by atoms with Crippen molar-refractivity contribution >= 4 is 29.2 Å². The first kappa shape index (κ1) is 14.4. The fourth-order valence-corrected chi connectivity index (χ4v) is 2.96. The van der Waals surface area contributed by atoms with Crippen LogP contribution in [0.3, 0.4) is 0 Å². The summed E-state index contributed by atoms with van der Waals surface area (Å²) >= 11 is 11.9. The van der Waals surface area contributed by atoms with Crippen molar-refractivity contribution in [3.05, 3.63) is 46.0 Å². The average Bonchev–Trinajstić information content (AvgIpc) is 2.38. The predicted octanol–water partition coefficient (Wildman–Crippen LogP) is 3.69. The highest BCUT2D eigenvalue weighted by atomic mass is 35.5. The number of allylic oxidation sites excluding steroid dienone is 2. The van der Waals surface area contributed by atoms with Crippen LogP contribution in [-0.2, 0) is 4.79 Å². The maximum atomic E-state index is 11.2. The van der Waals surface area contributed by atoms with Crippen LogP contribution in [0.4, 0.5) is 0 Å². The van der Waals surface area contributed by atoms with E-state index in [4.69, 9.17) is 23.2 Å². The average molecular weight is 301 g/mol. The third-order valence-electron chi connectivity index (χ3n) is 3.49. The van der Waals surface area contributed by atoms with Crippen LogP contribution < -0.4 is 0 Å². The number of halogens is 2. The Morgan fingerprint density at radius 3 is 2.58 bits per heavy atom. The van der Waals surface area contributed by atoms with Crippen LogP contribution in [0.15, 0.2) is 30.4 Å². The lowest BCUT2D eigenvalue weighted by Gasteiger charge is -2.30. The zero-order chi connectivity index (χ0) is 14.0. The van der Waals surface area contributed by atoms with Crippen molar-refractivity contribution in [2.24, 2.45) is 11.8 Å². The number of aliphatic hydroxyl groups is 1. The molecule has 5 heteroatoms. The molecule has 1 aromatic rings. The van der Waals surface area contributed by atoms with Crippen LogP contribution in [0, 0.1) is 11.8 Å². The van der Waals surface area contributed by atoms with E-state index >= 15 is 0 Å². The first-order chi connectivity index (χ1) is 9.00. The molecule has 1 aromatic carbocycles. The summed E-state index contributed by atoms with van der Waals surface area (Å²) in [7, 11) is 0. The van der Waals surface area contributed by atoms with Crippen molar-refractivity contribution in [3.63, 3.8) is 0 Å². The second kappa shape index (κ2) is 5.95. The highest BCUT2D eigenvalue weighted by Gasteiger charge is 2.35. The van der Waals surface area contributed by atoms with E-state index < -0.39 is 18.0 Å². The summed E-state index contributed by atoms with van der Waals surface area (Å²) in [6, 6.07) is 4.84. The van der Waals surface area contributed by atoms with Crippen LogP contribution in [-0.4, -0.2) is 16.2 Å². The number of aliphatic hydroxyl groups excluding tert-OH is 1. The lowest BCUT2D eigenvalue weighted by molar-refractivity contribution is -0.145. The summed E-state index contributed by atoms with van der Waals surface area (Å²) in [6.45, 7) is 0. The van der Waals surface area contributed by atoms with Crippen LogP contribution in [0.5, 0.6) is 0 Å². The molecular formula is C14H14Cl2O3. The molecule has 3 atom stereocenters. The van der Waals surface area contributed by atoms with Crippen LogP contribution in [0.25, 0.3) is 0 Å². The van der Waals surface area contributed by atoms with Crippen LogP contribution in [0.2, 0.25) is 10.0 Å². The number of benzene rings is 1. The van der Waals surface area contributed by atoms with Crippen molar-refractivity contribution in [2.75, 3.05) is 0 Å². The largest absolute Gasteiger partial charge is 0.481 e. The monoisotopic (exact) mass is 300 g/mol. The quantitative estimate of drug-likeness (QED) is 0.837. The van der Waals surface area contributed by atoms with Gasteiger partial charge in [-0.25, -0.2) is 0 Å². The molecule has 1 aliphatic carbocycles. The van der Waals surface area contributed by atoms with Gasteiger partial charge in [-0.05, 0) is 30.5 Å². The molecule has 0 spiro atoms. The standard InChI is InChI=1S/C14H14Cl2O3/c15-8-5-6-11(12(16)7-8)13(17)9-3-1-2-4-10(9)14(18)19/h1-2,5-7,9-10,13,17H,3-4H2,(H,18,19). The summed E-state index contributed by atoms with van der Waals surface area (Å²) in [4.78, 5) is 11.2. The van der Waals surface area contributed by atoms with Crippen molar-refractivity contribution < 1.29 is 15.0 Å². The second-order valence-electron chi connectivity index (χ2n) is 4.66. The fourth-order valence-electron chi connectivity index (χ4n) is 2.44. The van der Waals surface area contributed by atoms with Crippen molar-refractivity contribution in [1.29, 1.82) is 0 Å². The van der Waals surface area contributed by atoms with E-state index in [2.05, 4.69) is 0 Å². The van der Waals surface area contributed by atoms with E-state index in [1.165, 1.54) is 0 Å². The van der Waals surface area contributed by atoms with Gasteiger partial charge >= 0.3 is 5.97 Å². The minimum Gasteiger partial charge on any atom is -0.481 e. The molecule has 0 radical (unpaired) electrons. The molecule has 0 saturated heterocycles. The third-order valence-corrected chi connectivity index (χ3v) is 4.05. The molecule has 2 N–H and O–H groups in total. The maximum absolute atomic E-state index is 11.2. The Labute approximate surface area is 121 Å². The Kier molecular flexibility index (Phi) is 4.50. The topological polar surface area (TPSA) is 57.5 Å². The van der Waals surface area contributed by atoms with E-state index in [9.17, 15) is 15.0 Å². The molecular weight excluding hydrogens is 287 g/mol. The normalized spacial score (nSPS) is 24.2. The van der Waals surface area contributed by atoms with Gasteiger partial charge in [0.05, 0.1) is 12.0 Å². The molecule has 0 amide bonds. The highest BCUT2D eigenvalue weighted by molar-refractivity contribution is 6.35. The Balaban J connectivity index is 2.29. The van der Waals surface area contributed by atoms with E-state index in [1.807, 2.05) is 12.2 Å². The minimum absolute atomic E-state index is 0.360. The summed E-state index contributed by atoms with van der Waals surface area (Å²) in [6.07, 6.45) is 3.79. The number of carboxylic acids is 1. The van der Waals surface area contributed by atoms with Crippen LogP contribution >= 0.6 is 23.2 Å². The highest BCUT2D eigenvalue weighted by Crippen LogP contribution is 2.39. The SMILES string of the molecule is O=C(O)C1CC=CCC1C(O)c1ccc(Cl)cc1Cl. The Morgan fingerprint density at radius 2 is 1.95 bits per heavy atom. The number of carboxylic acid groups (broad SMARTS) is 1. The number of aliphatic carboxylic acids is 1. The molecule has 19 heavy (non-hydrogen) atoms. The summed E-state index contributed by atoms with van der Waals surface area (Å²) in [5, 5.41) is 20.5. The van der Waals surface area contributed by atoms with E-state index in [1.54, 1.807) is 18.2 Å². The zero-order valence-electron chi connectivity index (χ0n) is 10.1. The predicted molar refractivity (Wildman–Crippen MR) is 74.4 cm³/mol. The number of rotatable bonds is 3. The van der Waals surface area contributed by atoms with E-state index in [0.29, 0.717) is 28.5 Å². The van der Waals surface area contributed by atoms with Gasteiger partial charge in [0, 0.05) is 16.0 Å². The van der Waals surface area contributed by atoms with Crippen molar-refractivity contribution in [2.45, 2.75) is 18.9 Å². The number of hydrogen-bond donors (Lipinski definition) is 2. The van der Waals surface area contributed by atoms with Crippen molar-refractivity contribution in [1.82, 2.24) is 0 Å². The lowest BCUT2D eigenvalue weighted by Crippen LogP contribution is -2.29. The Hall–Kier alpha value is -1.03. The molecule has 1 aliphatic rings. The van der Waals surface area contributed by atoms with Gasteiger partial charge in [-0.2, -0.15) is 0 Å². The Bertz CT molecular complexity index is 513. The summed E-state index contributed by atoms with van der Waals surface area (Å²) in [5.41, 5.74) is 0.526. The van der Waals surface area contributed by atoms with E-state index in [-0.39, 0.29) is 5.92 Å². The molecule has 3 unspecified atom stereocenters. The van der Waals surface area contributed by atoms with Gasteiger partial charge in [0.2, 0.25) is 0 Å². The number of carbonyl (C=O) groups is 1. The van der Waals surface area contributed by atoms with Gasteiger partial charge in [-0.3, -0.25) is 4.79 Å². The van der Waals surface area contributed by atoms with Gasteiger partial charge < -0.3 is 10.2 Å². The molecule has 2 rings (SSSR count). The molecule has 0 bridgehead atoms. The van der Waals surface area contributed by atoms with Gasteiger partial charge in [0.15, 0.2) is 0 Å². The van der Waals surface area contributed by atoms with Crippen LogP contribution in [0.1, 0.15) is 24.5 Å². The molecule has 0 aliphatic heterocycles. The van der Waals surface area contributed by atoms with Gasteiger partial charge in [-0.1, -0.05) is 41.4 Å². The fraction of sp³-hybridized carbons (Fsp3) is 0.357. The zero-order valence-corrected chi connectivity index (χ0v) is 11.6. The second-order valence-corrected chi connectivity index (χ2v) is 5.51. The van der Waals surface area contributed by atoms with Gasteiger partial charge in [0.1, 0.15) is 0 Å². The third kappa shape index (κ3) is 3.11. The van der Waals surface area contributed by atoms with Crippen molar-refractivity contribution in [3.8, 4) is 0 Å². The maximum Gasteiger partial charge on any atom is 0.307 e.